The molecule has 2 aromatic rings. The molecule has 0 bridgehead atoms. The third kappa shape index (κ3) is 9.58. The normalized spacial score (nSPS) is 11.6. The maximum absolute atomic E-state index is 2.42. The van der Waals surface area contributed by atoms with Gasteiger partial charge in [0.2, 0.25) is 0 Å². The summed E-state index contributed by atoms with van der Waals surface area (Å²) >= 11 is 0. The van der Waals surface area contributed by atoms with Crippen LogP contribution in [-0.2, 0) is 6.42 Å². The molecule has 0 heteroatoms. The van der Waals surface area contributed by atoms with E-state index in [2.05, 4.69) is 61.5 Å². The van der Waals surface area contributed by atoms with Crippen molar-refractivity contribution in [2.24, 2.45) is 0 Å². The standard InChI is InChI=1S/C28H42/c1-2-3-4-5-6-7-8-9-10-11-12-13-14-15-16-17-21-26-23-20-24-27-22-18-19-25-28(26)27/h12-13,18-20,22-25H,2-11,14-17,21H2,1H3/b13-12+. The summed E-state index contributed by atoms with van der Waals surface area (Å²) in [5.74, 6) is 0. The van der Waals surface area contributed by atoms with Crippen molar-refractivity contribution >= 4 is 10.8 Å². The SMILES string of the molecule is CCCCCCCCCCC/C=C/CCCCCc1cccc2ccccc12. The summed E-state index contributed by atoms with van der Waals surface area (Å²) in [7, 11) is 0. The lowest BCUT2D eigenvalue weighted by molar-refractivity contribution is 0.566. The molecule has 28 heavy (non-hydrogen) atoms. The first-order chi connectivity index (χ1) is 13.9. The van der Waals surface area contributed by atoms with E-state index in [0.29, 0.717) is 0 Å². The number of hydrogen-bond donors (Lipinski definition) is 0. The zero-order valence-corrected chi connectivity index (χ0v) is 18.3. The van der Waals surface area contributed by atoms with E-state index in [1.54, 1.807) is 0 Å². The average molecular weight is 379 g/mol. The second-order valence-electron chi connectivity index (χ2n) is 8.33. The highest BCUT2D eigenvalue weighted by molar-refractivity contribution is 5.85. The summed E-state index contributed by atoms with van der Waals surface area (Å²) in [6, 6.07) is 15.5. The van der Waals surface area contributed by atoms with Gasteiger partial charge < -0.3 is 0 Å². The van der Waals surface area contributed by atoms with Crippen molar-refractivity contribution in [1.82, 2.24) is 0 Å². The van der Waals surface area contributed by atoms with Crippen LogP contribution in [0.4, 0.5) is 0 Å². The Morgan fingerprint density at radius 1 is 0.571 bits per heavy atom. The molecule has 0 saturated heterocycles. The van der Waals surface area contributed by atoms with E-state index in [1.807, 2.05) is 0 Å². The molecule has 0 spiro atoms. The van der Waals surface area contributed by atoms with E-state index in [-0.39, 0.29) is 0 Å². The molecule has 0 aliphatic heterocycles. The van der Waals surface area contributed by atoms with Gasteiger partial charge >= 0.3 is 0 Å². The van der Waals surface area contributed by atoms with Gasteiger partial charge in [0, 0.05) is 0 Å². The van der Waals surface area contributed by atoms with Crippen LogP contribution in [0.5, 0.6) is 0 Å². The van der Waals surface area contributed by atoms with Crippen LogP contribution in [0.1, 0.15) is 102 Å². The van der Waals surface area contributed by atoms with Gasteiger partial charge in [-0.15, -0.1) is 0 Å². The number of benzene rings is 2. The maximum Gasteiger partial charge on any atom is -0.0152 e. The van der Waals surface area contributed by atoms with E-state index >= 15 is 0 Å². The van der Waals surface area contributed by atoms with Crippen LogP contribution in [0.2, 0.25) is 0 Å². The van der Waals surface area contributed by atoms with Crippen molar-refractivity contribution < 1.29 is 0 Å². The van der Waals surface area contributed by atoms with Crippen molar-refractivity contribution in [3.63, 3.8) is 0 Å². The second kappa shape index (κ2) is 15.4. The van der Waals surface area contributed by atoms with Gasteiger partial charge in [-0.2, -0.15) is 0 Å². The molecular formula is C28H42. The van der Waals surface area contributed by atoms with Gasteiger partial charge in [-0.3, -0.25) is 0 Å². The molecule has 0 amide bonds. The summed E-state index contributed by atoms with van der Waals surface area (Å²) in [5, 5.41) is 2.81. The fourth-order valence-corrected chi connectivity index (χ4v) is 4.07. The molecule has 154 valence electrons. The van der Waals surface area contributed by atoms with Crippen LogP contribution in [0.15, 0.2) is 54.6 Å². The molecule has 0 radical (unpaired) electrons. The molecule has 0 N–H and O–H groups in total. The first-order valence-corrected chi connectivity index (χ1v) is 12.0. The van der Waals surface area contributed by atoms with Crippen LogP contribution in [0.25, 0.3) is 10.8 Å². The summed E-state index contributed by atoms with van der Waals surface area (Å²) in [6.07, 6.45) is 25.4. The zero-order valence-electron chi connectivity index (χ0n) is 18.3. The van der Waals surface area contributed by atoms with Crippen molar-refractivity contribution in [3.05, 3.63) is 60.2 Å². The average Bonchev–Trinajstić information content (AvgIpc) is 2.73. The lowest BCUT2D eigenvalue weighted by Crippen LogP contribution is -1.88. The molecule has 0 saturated carbocycles. The van der Waals surface area contributed by atoms with Crippen LogP contribution >= 0.6 is 0 Å². The quantitative estimate of drug-likeness (QED) is 0.201. The molecule has 0 aromatic heterocycles. The van der Waals surface area contributed by atoms with Gasteiger partial charge in [0.05, 0.1) is 0 Å². The topological polar surface area (TPSA) is 0 Å². The van der Waals surface area contributed by atoms with Gasteiger partial charge in [0.1, 0.15) is 0 Å². The number of fused-ring (bicyclic) bond motifs is 1. The first kappa shape index (κ1) is 22.7. The number of unbranched alkanes of at least 4 members (excludes halogenated alkanes) is 12. The van der Waals surface area contributed by atoms with Gasteiger partial charge in [-0.25, -0.2) is 0 Å². The Balaban J connectivity index is 1.42. The van der Waals surface area contributed by atoms with Gasteiger partial charge in [-0.05, 0) is 54.9 Å². The molecule has 0 atom stereocenters. The molecule has 0 aliphatic rings. The molecule has 2 rings (SSSR count). The van der Waals surface area contributed by atoms with Crippen LogP contribution in [0, 0.1) is 0 Å². The Hall–Kier alpha value is -1.56. The number of aryl methyl sites for hydroxylation is 1. The molecule has 0 unspecified atom stereocenters. The van der Waals surface area contributed by atoms with Crippen molar-refractivity contribution in [1.29, 1.82) is 0 Å². The zero-order chi connectivity index (χ0) is 19.7. The Morgan fingerprint density at radius 3 is 1.86 bits per heavy atom. The largest absolute Gasteiger partial charge is 0.0885 e. The third-order valence-corrected chi connectivity index (χ3v) is 5.84. The fourth-order valence-electron chi connectivity index (χ4n) is 4.07. The highest BCUT2D eigenvalue weighted by Gasteiger charge is 1.99. The highest BCUT2D eigenvalue weighted by atomic mass is 14.0. The number of allylic oxidation sites excluding steroid dienone is 2. The van der Waals surface area contributed by atoms with E-state index in [0.717, 1.165) is 0 Å². The van der Waals surface area contributed by atoms with Gasteiger partial charge in [-0.1, -0.05) is 119 Å². The molecule has 2 aromatic carbocycles. The minimum atomic E-state index is 1.21. The van der Waals surface area contributed by atoms with E-state index in [1.165, 1.54) is 113 Å². The fraction of sp³-hybridized carbons (Fsp3) is 0.571. The van der Waals surface area contributed by atoms with Crippen LogP contribution < -0.4 is 0 Å². The smallest absolute Gasteiger partial charge is 0.0152 e. The Bertz CT molecular complexity index is 647. The maximum atomic E-state index is 2.42. The highest BCUT2D eigenvalue weighted by Crippen LogP contribution is 2.20. The third-order valence-electron chi connectivity index (χ3n) is 5.84. The second-order valence-corrected chi connectivity index (χ2v) is 8.33. The van der Waals surface area contributed by atoms with Crippen molar-refractivity contribution in [2.45, 2.75) is 103 Å². The summed E-state index contributed by atoms with van der Waals surface area (Å²) < 4.78 is 0. The monoisotopic (exact) mass is 378 g/mol. The predicted octanol–water partition coefficient (Wildman–Crippen LogP) is 9.42. The number of hydrogen-bond acceptors (Lipinski definition) is 0. The lowest BCUT2D eigenvalue weighted by atomic mass is 9.99. The molecule has 0 nitrogen and oxygen atoms in total. The predicted molar refractivity (Wildman–Crippen MR) is 127 cm³/mol. The Labute approximate surface area is 174 Å². The molecule has 0 fully saturated rings. The molecule has 0 aliphatic carbocycles. The van der Waals surface area contributed by atoms with Gasteiger partial charge in [0.25, 0.3) is 0 Å². The summed E-state index contributed by atoms with van der Waals surface area (Å²) in [5.41, 5.74) is 1.51. The lowest BCUT2D eigenvalue weighted by Gasteiger charge is -2.06. The Morgan fingerprint density at radius 2 is 1.14 bits per heavy atom. The Kier molecular flexibility index (Phi) is 12.5. The van der Waals surface area contributed by atoms with E-state index in [9.17, 15) is 0 Å². The minimum Gasteiger partial charge on any atom is -0.0885 e. The molecular weight excluding hydrogens is 336 g/mol. The summed E-state index contributed by atoms with van der Waals surface area (Å²) in [4.78, 5) is 0. The summed E-state index contributed by atoms with van der Waals surface area (Å²) in [6.45, 7) is 2.29. The first-order valence-electron chi connectivity index (χ1n) is 12.0. The van der Waals surface area contributed by atoms with Gasteiger partial charge in [0.15, 0.2) is 0 Å². The number of rotatable bonds is 16. The molecule has 0 heterocycles. The van der Waals surface area contributed by atoms with Crippen molar-refractivity contribution in [3.8, 4) is 0 Å². The van der Waals surface area contributed by atoms with Crippen LogP contribution in [-0.4, -0.2) is 0 Å². The minimum absolute atomic E-state index is 1.21. The van der Waals surface area contributed by atoms with Crippen LogP contribution in [0.3, 0.4) is 0 Å². The van der Waals surface area contributed by atoms with Crippen molar-refractivity contribution in [2.75, 3.05) is 0 Å². The van der Waals surface area contributed by atoms with E-state index < -0.39 is 0 Å². The van der Waals surface area contributed by atoms with E-state index in [4.69, 9.17) is 0 Å².